The molecule has 0 spiro atoms. The van der Waals surface area contributed by atoms with E-state index in [9.17, 15) is 4.79 Å². The molecule has 0 N–H and O–H groups in total. The minimum absolute atomic E-state index is 0.153. The molecule has 1 aliphatic heterocycles. The number of ether oxygens (including phenoxy) is 3. The lowest BCUT2D eigenvalue weighted by Crippen LogP contribution is -2.31. The molecule has 2 heterocycles. The molecule has 6 nitrogen and oxygen atoms in total. The average Bonchev–Trinajstić information content (AvgIpc) is 2.83. The summed E-state index contributed by atoms with van der Waals surface area (Å²) in [5.74, 6) is 2.30. The van der Waals surface area contributed by atoms with Crippen molar-refractivity contribution in [1.29, 1.82) is 0 Å². The van der Waals surface area contributed by atoms with Crippen LogP contribution in [0.5, 0.6) is 23.0 Å². The lowest BCUT2D eigenvalue weighted by Gasteiger charge is -2.29. The Hall–Kier alpha value is -3.77. The van der Waals surface area contributed by atoms with E-state index in [1.807, 2.05) is 18.2 Å². The topological polar surface area (TPSA) is 61.1 Å². The van der Waals surface area contributed by atoms with Crippen molar-refractivity contribution in [3.05, 3.63) is 93.3 Å². The summed E-state index contributed by atoms with van der Waals surface area (Å²) in [6, 6.07) is 19.2. The molecule has 0 atom stereocenters. The van der Waals surface area contributed by atoms with Crippen LogP contribution in [0.1, 0.15) is 22.5 Å². The summed E-state index contributed by atoms with van der Waals surface area (Å²) in [5, 5.41) is 0.463. The first kappa shape index (κ1) is 21.1. The third-order valence-corrected chi connectivity index (χ3v) is 5.84. The Labute approximate surface area is 191 Å². The SMILES string of the molecule is COc1ccccc1Oc1c(C)oc2c3c(ccc2c1=O)OCN(Cc1ccc(C)cc1)C3. The quantitative estimate of drug-likeness (QED) is 0.402. The van der Waals surface area contributed by atoms with E-state index in [2.05, 4.69) is 36.1 Å². The highest BCUT2D eigenvalue weighted by Crippen LogP contribution is 2.36. The first-order chi connectivity index (χ1) is 16.0. The van der Waals surface area contributed by atoms with Gasteiger partial charge in [-0.05, 0) is 43.7 Å². The maximum absolute atomic E-state index is 13.4. The van der Waals surface area contributed by atoms with Crippen LogP contribution < -0.4 is 19.6 Å². The minimum atomic E-state index is -0.224. The predicted molar refractivity (Wildman–Crippen MR) is 126 cm³/mol. The van der Waals surface area contributed by atoms with Crippen LogP contribution in [-0.4, -0.2) is 18.7 Å². The molecular formula is C27H25NO5. The van der Waals surface area contributed by atoms with Gasteiger partial charge in [0, 0.05) is 13.1 Å². The van der Waals surface area contributed by atoms with Gasteiger partial charge in [-0.1, -0.05) is 42.0 Å². The van der Waals surface area contributed by atoms with Gasteiger partial charge in [0.1, 0.15) is 23.8 Å². The molecular weight excluding hydrogens is 418 g/mol. The van der Waals surface area contributed by atoms with E-state index in [0.29, 0.717) is 41.5 Å². The van der Waals surface area contributed by atoms with Crippen molar-refractivity contribution in [2.24, 2.45) is 0 Å². The Kier molecular flexibility index (Phi) is 5.52. The maximum atomic E-state index is 13.4. The lowest BCUT2D eigenvalue weighted by atomic mass is 10.1. The molecule has 0 amide bonds. The van der Waals surface area contributed by atoms with Gasteiger partial charge in [-0.25, -0.2) is 0 Å². The molecule has 0 radical (unpaired) electrons. The monoisotopic (exact) mass is 443 g/mol. The summed E-state index contributed by atoms with van der Waals surface area (Å²) in [7, 11) is 1.56. The van der Waals surface area contributed by atoms with Crippen molar-refractivity contribution >= 4 is 11.0 Å². The second-order valence-electron chi connectivity index (χ2n) is 8.23. The van der Waals surface area contributed by atoms with Crippen LogP contribution in [0, 0.1) is 13.8 Å². The van der Waals surface area contributed by atoms with E-state index in [-0.39, 0.29) is 11.2 Å². The molecule has 0 unspecified atom stereocenters. The highest BCUT2D eigenvalue weighted by molar-refractivity contribution is 5.83. The van der Waals surface area contributed by atoms with Gasteiger partial charge < -0.3 is 18.6 Å². The number of aryl methyl sites for hydroxylation is 2. The average molecular weight is 443 g/mol. The fourth-order valence-corrected chi connectivity index (χ4v) is 4.09. The third-order valence-electron chi connectivity index (χ3n) is 5.84. The number of hydrogen-bond donors (Lipinski definition) is 0. The normalized spacial score (nSPS) is 13.4. The Balaban J connectivity index is 1.50. The van der Waals surface area contributed by atoms with Crippen LogP contribution in [0.2, 0.25) is 0 Å². The largest absolute Gasteiger partial charge is 0.493 e. The predicted octanol–water partition coefficient (Wildman–Crippen LogP) is 5.56. The van der Waals surface area contributed by atoms with E-state index in [1.54, 1.807) is 32.2 Å². The van der Waals surface area contributed by atoms with Crippen LogP contribution in [-0.2, 0) is 13.1 Å². The molecule has 33 heavy (non-hydrogen) atoms. The molecule has 0 fully saturated rings. The van der Waals surface area contributed by atoms with E-state index >= 15 is 0 Å². The van der Waals surface area contributed by atoms with E-state index in [4.69, 9.17) is 18.6 Å². The molecule has 168 valence electrons. The van der Waals surface area contributed by atoms with Gasteiger partial charge in [0.2, 0.25) is 11.2 Å². The Morgan fingerprint density at radius 1 is 0.970 bits per heavy atom. The van der Waals surface area contributed by atoms with Gasteiger partial charge in [-0.15, -0.1) is 0 Å². The standard InChI is InChI=1S/C27H25NO5/c1-17-8-10-19(11-9-17)14-28-15-21-22(31-16-28)13-12-20-25(29)26(18(2)32-27(20)21)33-24-7-5-4-6-23(24)30-3/h4-13H,14-16H2,1-3H3. The second kappa shape index (κ2) is 8.64. The molecule has 0 saturated carbocycles. The summed E-state index contributed by atoms with van der Waals surface area (Å²) in [6.07, 6.45) is 0. The zero-order chi connectivity index (χ0) is 22.9. The molecule has 3 aromatic carbocycles. The maximum Gasteiger partial charge on any atom is 0.235 e. The number of benzene rings is 3. The van der Waals surface area contributed by atoms with Gasteiger partial charge in [-0.3, -0.25) is 9.69 Å². The van der Waals surface area contributed by atoms with Crippen molar-refractivity contribution in [2.45, 2.75) is 26.9 Å². The second-order valence-corrected chi connectivity index (χ2v) is 8.23. The van der Waals surface area contributed by atoms with Gasteiger partial charge in [0.25, 0.3) is 0 Å². The summed E-state index contributed by atoms with van der Waals surface area (Å²) in [4.78, 5) is 15.5. The van der Waals surface area contributed by atoms with Crippen LogP contribution in [0.3, 0.4) is 0 Å². The van der Waals surface area contributed by atoms with Crippen LogP contribution in [0.25, 0.3) is 11.0 Å². The molecule has 0 saturated heterocycles. The fourth-order valence-electron chi connectivity index (χ4n) is 4.09. The van der Waals surface area contributed by atoms with Crippen molar-refractivity contribution in [1.82, 2.24) is 4.90 Å². The van der Waals surface area contributed by atoms with Crippen molar-refractivity contribution in [2.75, 3.05) is 13.8 Å². The van der Waals surface area contributed by atoms with Crippen molar-refractivity contribution in [3.8, 4) is 23.0 Å². The molecule has 0 bridgehead atoms. The highest BCUT2D eigenvalue weighted by atomic mass is 16.5. The fraction of sp³-hybridized carbons (Fsp3) is 0.222. The summed E-state index contributed by atoms with van der Waals surface area (Å²) >= 11 is 0. The Bertz CT molecular complexity index is 1370. The molecule has 1 aliphatic rings. The first-order valence-electron chi connectivity index (χ1n) is 10.8. The van der Waals surface area contributed by atoms with Gasteiger partial charge in [0.15, 0.2) is 11.5 Å². The molecule has 1 aromatic heterocycles. The van der Waals surface area contributed by atoms with Crippen molar-refractivity contribution < 1.29 is 18.6 Å². The number of fused-ring (bicyclic) bond motifs is 3. The van der Waals surface area contributed by atoms with Crippen LogP contribution in [0.15, 0.2) is 69.9 Å². The van der Waals surface area contributed by atoms with Gasteiger partial charge in [0.05, 0.1) is 18.1 Å². The minimum Gasteiger partial charge on any atom is -0.493 e. The smallest absolute Gasteiger partial charge is 0.235 e. The summed E-state index contributed by atoms with van der Waals surface area (Å²) < 4.78 is 23.4. The zero-order valence-electron chi connectivity index (χ0n) is 18.9. The number of methoxy groups -OCH3 is 1. The van der Waals surface area contributed by atoms with Crippen molar-refractivity contribution in [3.63, 3.8) is 0 Å². The molecule has 5 rings (SSSR count). The number of para-hydroxylation sites is 2. The molecule has 6 heteroatoms. The third kappa shape index (κ3) is 4.05. The summed E-state index contributed by atoms with van der Waals surface area (Å²) in [6.45, 7) is 5.65. The molecule has 0 aliphatic carbocycles. The lowest BCUT2D eigenvalue weighted by molar-refractivity contribution is 0.0889. The van der Waals surface area contributed by atoms with Gasteiger partial charge in [-0.2, -0.15) is 0 Å². The van der Waals surface area contributed by atoms with Crippen LogP contribution in [0.4, 0.5) is 0 Å². The number of nitrogens with zero attached hydrogens (tertiary/aromatic N) is 1. The highest BCUT2D eigenvalue weighted by Gasteiger charge is 2.24. The van der Waals surface area contributed by atoms with Gasteiger partial charge >= 0.3 is 0 Å². The first-order valence-corrected chi connectivity index (χ1v) is 10.8. The summed E-state index contributed by atoms with van der Waals surface area (Å²) in [5.41, 5.74) is 3.62. The number of rotatable bonds is 5. The van der Waals surface area contributed by atoms with Crippen LogP contribution >= 0.6 is 0 Å². The molecule has 4 aromatic rings. The Morgan fingerprint density at radius 3 is 2.48 bits per heavy atom. The van der Waals surface area contributed by atoms with E-state index in [0.717, 1.165) is 17.9 Å². The van der Waals surface area contributed by atoms with E-state index in [1.165, 1.54) is 11.1 Å². The van der Waals surface area contributed by atoms with E-state index < -0.39 is 0 Å². The number of hydrogen-bond acceptors (Lipinski definition) is 6. The zero-order valence-corrected chi connectivity index (χ0v) is 18.9. The Morgan fingerprint density at radius 2 is 1.73 bits per heavy atom.